The molecule has 2 heterocycles. The minimum Gasteiger partial charge on any atom is -0.318 e. The third kappa shape index (κ3) is 0.839. The van der Waals surface area contributed by atoms with E-state index in [0.29, 0.717) is 5.56 Å². The van der Waals surface area contributed by atoms with Crippen LogP contribution in [0.15, 0.2) is 18.6 Å². The molecule has 0 aliphatic heterocycles. The van der Waals surface area contributed by atoms with Crippen LogP contribution in [0.2, 0.25) is 0 Å². The van der Waals surface area contributed by atoms with E-state index in [1.165, 1.54) is 0 Å². The lowest BCUT2D eigenvalue weighted by Gasteiger charge is -1.91. The molecular formula is C8H6N4. The summed E-state index contributed by atoms with van der Waals surface area (Å²) in [7, 11) is 1.87. The van der Waals surface area contributed by atoms with Crippen molar-refractivity contribution >= 4 is 11.2 Å². The van der Waals surface area contributed by atoms with Crippen LogP contribution in [0.5, 0.6) is 0 Å². The lowest BCUT2D eigenvalue weighted by atomic mass is 10.3. The molecule has 0 saturated heterocycles. The van der Waals surface area contributed by atoms with Gasteiger partial charge in [-0.25, -0.2) is 9.97 Å². The fraction of sp³-hybridized carbons (Fsp3) is 0.125. The number of hydrogen-bond donors (Lipinski definition) is 0. The maximum absolute atomic E-state index is 8.58. The Bertz CT molecular complexity index is 463. The van der Waals surface area contributed by atoms with Crippen LogP contribution in [-0.2, 0) is 7.05 Å². The van der Waals surface area contributed by atoms with Crippen molar-refractivity contribution in [3.8, 4) is 6.07 Å². The zero-order valence-corrected chi connectivity index (χ0v) is 6.52. The van der Waals surface area contributed by atoms with E-state index in [1.54, 1.807) is 18.6 Å². The minimum atomic E-state index is 0.543. The second-order valence-corrected chi connectivity index (χ2v) is 2.53. The van der Waals surface area contributed by atoms with Crippen molar-refractivity contribution in [2.45, 2.75) is 0 Å². The molecule has 58 valence electrons. The molecule has 0 fully saturated rings. The predicted molar refractivity (Wildman–Crippen MR) is 43.2 cm³/mol. The Morgan fingerprint density at radius 3 is 3.08 bits per heavy atom. The maximum atomic E-state index is 8.58. The fourth-order valence-electron chi connectivity index (χ4n) is 1.08. The number of pyridine rings is 1. The number of fused-ring (bicyclic) bond motifs is 1. The summed E-state index contributed by atoms with van der Waals surface area (Å²) in [4.78, 5) is 8.17. The van der Waals surface area contributed by atoms with Gasteiger partial charge < -0.3 is 4.57 Å². The first-order valence-electron chi connectivity index (χ1n) is 3.48. The summed E-state index contributed by atoms with van der Waals surface area (Å²) in [6, 6.07) is 3.74. The molecule has 0 aliphatic rings. The van der Waals surface area contributed by atoms with Gasteiger partial charge in [-0.2, -0.15) is 5.26 Å². The zero-order chi connectivity index (χ0) is 8.55. The molecule has 12 heavy (non-hydrogen) atoms. The predicted octanol–water partition coefficient (Wildman–Crippen LogP) is 0.840. The summed E-state index contributed by atoms with van der Waals surface area (Å²) >= 11 is 0. The number of nitriles is 1. The number of hydrogen-bond acceptors (Lipinski definition) is 3. The van der Waals surface area contributed by atoms with Crippen molar-refractivity contribution in [2.75, 3.05) is 0 Å². The highest BCUT2D eigenvalue weighted by Crippen LogP contribution is 2.09. The van der Waals surface area contributed by atoms with Gasteiger partial charge in [0.2, 0.25) is 0 Å². The van der Waals surface area contributed by atoms with Crippen molar-refractivity contribution in [2.24, 2.45) is 7.05 Å². The van der Waals surface area contributed by atoms with Gasteiger partial charge in [0.1, 0.15) is 11.6 Å². The van der Waals surface area contributed by atoms with Gasteiger partial charge in [0.15, 0.2) is 5.65 Å². The van der Waals surface area contributed by atoms with E-state index in [9.17, 15) is 0 Å². The molecule has 0 saturated carbocycles. The third-order valence-electron chi connectivity index (χ3n) is 1.68. The van der Waals surface area contributed by atoms with Gasteiger partial charge in [-0.1, -0.05) is 0 Å². The van der Waals surface area contributed by atoms with E-state index in [4.69, 9.17) is 5.26 Å². The first-order chi connectivity index (χ1) is 5.81. The number of imidazole rings is 1. The Balaban J connectivity index is 2.80. The van der Waals surface area contributed by atoms with Gasteiger partial charge >= 0.3 is 0 Å². The summed E-state index contributed by atoms with van der Waals surface area (Å²) in [5, 5.41) is 8.58. The molecule has 0 aliphatic carbocycles. The number of aryl methyl sites for hydroxylation is 1. The maximum Gasteiger partial charge on any atom is 0.159 e. The molecule has 0 radical (unpaired) electrons. The average molecular weight is 158 g/mol. The summed E-state index contributed by atoms with van der Waals surface area (Å²) < 4.78 is 1.82. The third-order valence-corrected chi connectivity index (χ3v) is 1.68. The van der Waals surface area contributed by atoms with Gasteiger partial charge in [-0.15, -0.1) is 0 Å². The van der Waals surface area contributed by atoms with E-state index >= 15 is 0 Å². The quantitative estimate of drug-likeness (QED) is 0.570. The normalized spacial score (nSPS) is 10.0. The highest BCUT2D eigenvalue weighted by molar-refractivity contribution is 5.71. The van der Waals surface area contributed by atoms with E-state index in [0.717, 1.165) is 11.2 Å². The fourth-order valence-corrected chi connectivity index (χ4v) is 1.08. The summed E-state index contributed by atoms with van der Waals surface area (Å²) in [6.07, 6.45) is 3.23. The van der Waals surface area contributed by atoms with Crippen LogP contribution in [0.25, 0.3) is 11.2 Å². The van der Waals surface area contributed by atoms with Gasteiger partial charge in [0, 0.05) is 13.2 Å². The van der Waals surface area contributed by atoms with Crippen molar-refractivity contribution < 1.29 is 0 Å². The SMILES string of the molecule is Cn1cnc2cc(C#N)cnc21. The topological polar surface area (TPSA) is 54.5 Å². The highest BCUT2D eigenvalue weighted by atomic mass is 15.1. The Hall–Kier alpha value is -1.89. The van der Waals surface area contributed by atoms with E-state index < -0.39 is 0 Å². The van der Waals surface area contributed by atoms with Crippen molar-refractivity contribution in [1.82, 2.24) is 14.5 Å². The van der Waals surface area contributed by atoms with E-state index in [1.807, 2.05) is 17.7 Å². The highest BCUT2D eigenvalue weighted by Gasteiger charge is 2.00. The largest absolute Gasteiger partial charge is 0.318 e. The summed E-state index contributed by atoms with van der Waals surface area (Å²) in [5.41, 5.74) is 2.10. The average Bonchev–Trinajstić information content (AvgIpc) is 2.47. The lowest BCUT2D eigenvalue weighted by Crippen LogP contribution is -1.87. The van der Waals surface area contributed by atoms with Crippen molar-refractivity contribution in [3.05, 3.63) is 24.2 Å². The van der Waals surface area contributed by atoms with Gasteiger partial charge in [-0.05, 0) is 6.07 Å². The van der Waals surface area contributed by atoms with E-state index in [-0.39, 0.29) is 0 Å². The van der Waals surface area contributed by atoms with Crippen LogP contribution in [0.3, 0.4) is 0 Å². The van der Waals surface area contributed by atoms with Crippen LogP contribution in [0.4, 0.5) is 0 Å². The smallest absolute Gasteiger partial charge is 0.159 e. The van der Waals surface area contributed by atoms with Gasteiger partial charge in [-0.3, -0.25) is 0 Å². The first kappa shape index (κ1) is 6.80. The molecule has 0 unspecified atom stereocenters. The van der Waals surface area contributed by atoms with E-state index in [2.05, 4.69) is 9.97 Å². The molecule has 0 spiro atoms. The molecule has 0 N–H and O–H groups in total. The second kappa shape index (κ2) is 2.31. The molecule has 0 bridgehead atoms. The molecule has 4 heteroatoms. The molecule has 0 amide bonds. The van der Waals surface area contributed by atoms with Crippen LogP contribution in [0, 0.1) is 11.3 Å². The van der Waals surface area contributed by atoms with Gasteiger partial charge in [0.25, 0.3) is 0 Å². The van der Waals surface area contributed by atoms with Crippen molar-refractivity contribution in [3.63, 3.8) is 0 Å². The Kier molecular flexibility index (Phi) is 1.31. The number of nitrogens with zero attached hydrogens (tertiary/aromatic N) is 4. The Morgan fingerprint density at radius 1 is 1.50 bits per heavy atom. The number of rotatable bonds is 0. The molecule has 2 rings (SSSR count). The van der Waals surface area contributed by atoms with Crippen LogP contribution < -0.4 is 0 Å². The minimum absolute atomic E-state index is 0.543. The first-order valence-corrected chi connectivity index (χ1v) is 3.48. The number of aromatic nitrogens is 3. The monoisotopic (exact) mass is 158 g/mol. The molecule has 2 aromatic rings. The van der Waals surface area contributed by atoms with Crippen molar-refractivity contribution in [1.29, 1.82) is 5.26 Å². The molecular weight excluding hydrogens is 152 g/mol. The second-order valence-electron chi connectivity index (χ2n) is 2.53. The van der Waals surface area contributed by atoms with Gasteiger partial charge in [0.05, 0.1) is 11.9 Å². The Labute approximate surface area is 69.1 Å². The molecule has 4 nitrogen and oxygen atoms in total. The Morgan fingerprint density at radius 2 is 2.33 bits per heavy atom. The standard InChI is InChI=1S/C8H6N4/c1-12-5-11-7-2-6(3-9)4-10-8(7)12/h2,4-5H,1H3. The lowest BCUT2D eigenvalue weighted by molar-refractivity contribution is 0.930. The molecule has 2 aromatic heterocycles. The van der Waals surface area contributed by atoms with Crippen LogP contribution in [-0.4, -0.2) is 14.5 Å². The van der Waals surface area contributed by atoms with Crippen LogP contribution in [0.1, 0.15) is 5.56 Å². The summed E-state index contributed by atoms with van der Waals surface area (Å²) in [5.74, 6) is 0. The van der Waals surface area contributed by atoms with Crippen LogP contribution >= 0.6 is 0 Å². The summed E-state index contributed by atoms with van der Waals surface area (Å²) in [6.45, 7) is 0. The molecule has 0 aromatic carbocycles. The zero-order valence-electron chi connectivity index (χ0n) is 6.52. The molecule has 0 atom stereocenters.